The molecule has 1 aromatic rings. The van der Waals surface area contributed by atoms with Gasteiger partial charge >= 0.3 is 0 Å². The van der Waals surface area contributed by atoms with Gasteiger partial charge in [-0.1, -0.05) is 11.6 Å². The molecule has 0 unspecified atom stereocenters. The van der Waals surface area contributed by atoms with Crippen molar-refractivity contribution in [3.63, 3.8) is 0 Å². The number of rotatable bonds is 9. The molecule has 5 nitrogen and oxygen atoms in total. The van der Waals surface area contributed by atoms with Crippen molar-refractivity contribution in [1.82, 2.24) is 5.32 Å². The predicted molar refractivity (Wildman–Crippen MR) is 92.7 cm³/mol. The van der Waals surface area contributed by atoms with Gasteiger partial charge in [-0.2, -0.15) is 0 Å². The number of hydrogen-bond donors (Lipinski definition) is 1. The van der Waals surface area contributed by atoms with Crippen LogP contribution < -0.4 is 14.8 Å². The summed E-state index contributed by atoms with van der Waals surface area (Å²) in [7, 11) is 0. The van der Waals surface area contributed by atoms with Gasteiger partial charge in [-0.25, -0.2) is 0 Å². The fourth-order valence-corrected chi connectivity index (χ4v) is 2.67. The van der Waals surface area contributed by atoms with Crippen LogP contribution in [0.25, 0.3) is 0 Å². The number of allylic oxidation sites excluding steroid dienone is 1. The van der Waals surface area contributed by atoms with Gasteiger partial charge in [-0.3, -0.25) is 9.59 Å². The number of ether oxygens (including phenoxy) is 2. The first kappa shape index (κ1) is 18.0. The number of amides is 1. The second-order valence-corrected chi connectivity index (χ2v) is 5.75. The highest BCUT2D eigenvalue weighted by molar-refractivity contribution is 5.78. The van der Waals surface area contributed by atoms with E-state index in [9.17, 15) is 9.59 Å². The molecule has 0 heterocycles. The summed E-state index contributed by atoms with van der Waals surface area (Å²) in [5, 5.41) is 2.87. The minimum Gasteiger partial charge on any atom is -0.490 e. The van der Waals surface area contributed by atoms with Gasteiger partial charge in [0.05, 0.1) is 6.61 Å². The lowest BCUT2D eigenvalue weighted by Gasteiger charge is -2.14. The molecule has 0 aliphatic heterocycles. The third-order valence-electron chi connectivity index (χ3n) is 3.92. The maximum absolute atomic E-state index is 11.9. The van der Waals surface area contributed by atoms with E-state index in [1.54, 1.807) is 18.2 Å². The predicted octanol–water partition coefficient (Wildman–Crippen LogP) is 3.28. The Morgan fingerprint density at radius 2 is 2.12 bits per heavy atom. The molecule has 0 aromatic heterocycles. The molecule has 5 heteroatoms. The topological polar surface area (TPSA) is 64.6 Å². The Hall–Kier alpha value is -2.30. The Labute approximate surface area is 143 Å². The molecule has 0 atom stereocenters. The van der Waals surface area contributed by atoms with Crippen LogP contribution in [0.1, 0.15) is 49.4 Å². The molecule has 0 saturated carbocycles. The molecule has 0 saturated heterocycles. The van der Waals surface area contributed by atoms with Gasteiger partial charge in [0.1, 0.15) is 6.29 Å². The van der Waals surface area contributed by atoms with Crippen LogP contribution in [0, 0.1) is 0 Å². The smallest absolute Gasteiger partial charge is 0.257 e. The summed E-state index contributed by atoms with van der Waals surface area (Å²) in [6, 6.07) is 4.90. The number of carbonyl (C=O) groups excluding carboxylic acids is 2. The average molecular weight is 331 g/mol. The summed E-state index contributed by atoms with van der Waals surface area (Å²) < 4.78 is 11.0. The van der Waals surface area contributed by atoms with Crippen molar-refractivity contribution in [3.05, 3.63) is 35.4 Å². The zero-order chi connectivity index (χ0) is 17.2. The normalized spacial score (nSPS) is 13.8. The Morgan fingerprint density at radius 1 is 1.25 bits per heavy atom. The molecule has 1 amide bonds. The highest BCUT2D eigenvalue weighted by atomic mass is 16.5. The zero-order valence-corrected chi connectivity index (χ0v) is 14.2. The first-order valence-electron chi connectivity index (χ1n) is 8.52. The Bertz CT molecular complexity index is 595. The van der Waals surface area contributed by atoms with E-state index in [-0.39, 0.29) is 12.5 Å². The number of nitrogens with one attached hydrogen (secondary N) is 1. The summed E-state index contributed by atoms with van der Waals surface area (Å²) in [4.78, 5) is 22.7. The minimum absolute atomic E-state index is 0.0699. The molecule has 1 aliphatic rings. The largest absolute Gasteiger partial charge is 0.490 e. The van der Waals surface area contributed by atoms with Gasteiger partial charge in [-0.05, 0) is 57.2 Å². The van der Waals surface area contributed by atoms with Crippen LogP contribution in [0.4, 0.5) is 0 Å². The third kappa shape index (κ3) is 5.72. The SMILES string of the molecule is CCOc1cc(C=O)ccc1OCC(=O)NCCC1=CCCCC1. The lowest BCUT2D eigenvalue weighted by molar-refractivity contribution is -0.123. The molecule has 0 radical (unpaired) electrons. The van der Waals surface area contributed by atoms with Crippen molar-refractivity contribution in [1.29, 1.82) is 0 Å². The summed E-state index contributed by atoms with van der Waals surface area (Å²) in [6.07, 6.45) is 8.77. The van der Waals surface area contributed by atoms with Gasteiger partial charge in [0, 0.05) is 12.1 Å². The standard InChI is InChI=1S/C19H25NO4/c1-2-23-18-12-16(13-21)8-9-17(18)24-14-19(22)20-11-10-15-6-4-3-5-7-15/h6,8-9,12-13H,2-5,7,10-11,14H2,1H3,(H,20,22). The van der Waals surface area contributed by atoms with Crippen molar-refractivity contribution >= 4 is 12.2 Å². The second kappa shape index (κ2) is 9.75. The summed E-state index contributed by atoms with van der Waals surface area (Å²) in [5.41, 5.74) is 1.95. The van der Waals surface area contributed by atoms with E-state index >= 15 is 0 Å². The molecule has 1 aromatic carbocycles. The van der Waals surface area contributed by atoms with E-state index in [0.29, 0.717) is 30.2 Å². The minimum atomic E-state index is -0.159. The number of hydrogen-bond acceptors (Lipinski definition) is 4. The van der Waals surface area contributed by atoms with Crippen molar-refractivity contribution in [2.24, 2.45) is 0 Å². The van der Waals surface area contributed by atoms with Crippen LogP contribution in [0.2, 0.25) is 0 Å². The van der Waals surface area contributed by atoms with E-state index in [2.05, 4.69) is 11.4 Å². The molecule has 1 aliphatic carbocycles. The Morgan fingerprint density at radius 3 is 2.83 bits per heavy atom. The van der Waals surface area contributed by atoms with E-state index < -0.39 is 0 Å². The van der Waals surface area contributed by atoms with Crippen molar-refractivity contribution in [3.8, 4) is 11.5 Å². The Kier molecular flexibility index (Phi) is 7.33. The van der Waals surface area contributed by atoms with Crippen molar-refractivity contribution in [2.75, 3.05) is 19.8 Å². The van der Waals surface area contributed by atoms with E-state index in [0.717, 1.165) is 25.5 Å². The van der Waals surface area contributed by atoms with Gasteiger partial charge < -0.3 is 14.8 Å². The molecule has 0 fully saturated rings. The summed E-state index contributed by atoms with van der Waals surface area (Å²) in [6.45, 7) is 2.87. The molecule has 24 heavy (non-hydrogen) atoms. The van der Waals surface area contributed by atoms with Crippen LogP contribution in [0.3, 0.4) is 0 Å². The summed E-state index contributed by atoms with van der Waals surface area (Å²) in [5.74, 6) is 0.781. The quantitative estimate of drug-likeness (QED) is 0.557. The van der Waals surface area contributed by atoms with Gasteiger partial charge in [0.2, 0.25) is 0 Å². The molecular formula is C19H25NO4. The van der Waals surface area contributed by atoms with E-state index in [1.165, 1.54) is 18.4 Å². The van der Waals surface area contributed by atoms with Gasteiger partial charge in [0.25, 0.3) is 5.91 Å². The average Bonchev–Trinajstić information content (AvgIpc) is 2.61. The maximum atomic E-state index is 11.9. The molecule has 1 N–H and O–H groups in total. The summed E-state index contributed by atoms with van der Waals surface area (Å²) >= 11 is 0. The van der Waals surface area contributed by atoms with Crippen LogP contribution in [0.15, 0.2) is 29.8 Å². The van der Waals surface area contributed by atoms with Crippen LogP contribution in [0.5, 0.6) is 11.5 Å². The van der Waals surface area contributed by atoms with Crippen LogP contribution in [-0.4, -0.2) is 32.0 Å². The first-order valence-corrected chi connectivity index (χ1v) is 8.52. The molecular weight excluding hydrogens is 306 g/mol. The zero-order valence-electron chi connectivity index (χ0n) is 14.2. The number of benzene rings is 1. The highest BCUT2D eigenvalue weighted by Crippen LogP contribution is 2.28. The monoisotopic (exact) mass is 331 g/mol. The first-order chi connectivity index (χ1) is 11.7. The van der Waals surface area contributed by atoms with Gasteiger partial charge in [0.15, 0.2) is 18.1 Å². The van der Waals surface area contributed by atoms with Crippen molar-refractivity contribution < 1.29 is 19.1 Å². The molecule has 130 valence electrons. The highest BCUT2D eigenvalue weighted by Gasteiger charge is 2.09. The fourth-order valence-electron chi connectivity index (χ4n) is 2.67. The molecule has 0 bridgehead atoms. The maximum Gasteiger partial charge on any atom is 0.257 e. The van der Waals surface area contributed by atoms with Crippen molar-refractivity contribution in [2.45, 2.75) is 39.0 Å². The Balaban J connectivity index is 1.78. The van der Waals surface area contributed by atoms with E-state index in [4.69, 9.17) is 9.47 Å². The van der Waals surface area contributed by atoms with Crippen LogP contribution in [-0.2, 0) is 4.79 Å². The lowest BCUT2D eigenvalue weighted by atomic mass is 9.97. The fraction of sp³-hybridized carbons (Fsp3) is 0.474. The lowest BCUT2D eigenvalue weighted by Crippen LogP contribution is -2.30. The molecule has 0 spiro atoms. The number of aldehydes is 1. The molecule has 2 rings (SSSR count). The van der Waals surface area contributed by atoms with Gasteiger partial charge in [-0.15, -0.1) is 0 Å². The number of carbonyl (C=O) groups is 2. The van der Waals surface area contributed by atoms with E-state index in [1.807, 2.05) is 6.92 Å². The third-order valence-corrected chi connectivity index (χ3v) is 3.92. The van der Waals surface area contributed by atoms with Crippen LogP contribution >= 0.6 is 0 Å². The second-order valence-electron chi connectivity index (χ2n) is 5.75.